The van der Waals surface area contributed by atoms with Gasteiger partial charge >= 0.3 is 0 Å². The molecule has 0 saturated carbocycles. The van der Waals surface area contributed by atoms with Crippen LogP contribution >= 0.6 is 0 Å². The van der Waals surface area contributed by atoms with Crippen molar-refractivity contribution < 1.29 is 14.3 Å². The normalized spacial score (nSPS) is 10.3. The minimum Gasteiger partial charge on any atom is -0.494 e. The predicted molar refractivity (Wildman–Crippen MR) is 117 cm³/mol. The summed E-state index contributed by atoms with van der Waals surface area (Å²) in [6, 6.07) is 15.2. The van der Waals surface area contributed by atoms with Gasteiger partial charge in [0, 0.05) is 38.0 Å². The zero-order valence-electron chi connectivity index (χ0n) is 17.5. The number of carbonyl (C=O) groups is 2. The molecule has 0 atom stereocenters. The van der Waals surface area contributed by atoms with E-state index in [2.05, 4.69) is 17.6 Å². The summed E-state index contributed by atoms with van der Waals surface area (Å²) in [4.78, 5) is 25.5. The molecule has 6 heteroatoms. The fourth-order valence-electron chi connectivity index (χ4n) is 2.65. The molecule has 0 saturated heterocycles. The highest BCUT2D eigenvalue weighted by molar-refractivity contribution is 5.93. The Morgan fingerprint density at radius 2 is 1.79 bits per heavy atom. The second kappa shape index (κ2) is 11.7. The molecule has 0 aromatic heterocycles. The van der Waals surface area contributed by atoms with Crippen LogP contribution in [0.25, 0.3) is 0 Å². The van der Waals surface area contributed by atoms with Crippen molar-refractivity contribution in [3.63, 3.8) is 0 Å². The van der Waals surface area contributed by atoms with Crippen LogP contribution in [0, 0.1) is 0 Å². The SMILES string of the molecule is CCCCOc1cccc(NC(=O)CNc2ccc(CCC(=O)N(C)C)cc2)c1. The number of benzene rings is 2. The Hall–Kier alpha value is -3.02. The van der Waals surface area contributed by atoms with Crippen molar-refractivity contribution in [3.05, 3.63) is 54.1 Å². The average molecular weight is 398 g/mol. The van der Waals surface area contributed by atoms with Crippen LogP contribution in [0.15, 0.2) is 48.5 Å². The molecule has 0 bridgehead atoms. The van der Waals surface area contributed by atoms with E-state index < -0.39 is 0 Å². The molecule has 2 aromatic rings. The third-order valence-electron chi connectivity index (χ3n) is 4.42. The first-order chi connectivity index (χ1) is 14.0. The number of unbranched alkanes of at least 4 members (excludes halogenated alkanes) is 1. The minimum atomic E-state index is -0.128. The first kappa shape index (κ1) is 22.3. The molecule has 6 nitrogen and oxygen atoms in total. The van der Waals surface area contributed by atoms with Crippen molar-refractivity contribution in [2.24, 2.45) is 0 Å². The Labute approximate surface area is 173 Å². The monoisotopic (exact) mass is 397 g/mol. The van der Waals surface area contributed by atoms with E-state index in [1.807, 2.05) is 48.5 Å². The highest BCUT2D eigenvalue weighted by Crippen LogP contribution is 2.18. The summed E-state index contributed by atoms with van der Waals surface area (Å²) in [6.45, 7) is 2.96. The van der Waals surface area contributed by atoms with Gasteiger partial charge in [0.25, 0.3) is 0 Å². The summed E-state index contributed by atoms with van der Waals surface area (Å²) in [5.74, 6) is 0.743. The molecule has 2 rings (SSSR count). The number of nitrogens with one attached hydrogen (secondary N) is 2. The number of nitrogens with zero attached hydrogens (tertiary/aromatic N) is 1. The van der Waals surface area contributed by atoms with Gasteiger partial charge in [-0.3, -0.25) is 9.59 Å². The van der Waals surface area contributed by atoms with Crippen molar-refractivity contribution in [2.75, 3.05) is 37.9 Å². The van der Waals surface area contributed by atoms with Gasteiger partial charge in [0.2, 0.25) is 11.8 Å². The molecule has 29 heavy (non-hydrogen) atoms. The lowest BCUT2D eigenvalue weighted by Gasteiger charge is -2.11. The molecule has 2 N–H and O–H groups in total. The van der Waals surface area contributed by atoms with Crippen LogP contribution in [0.5, 0.6) is 5.75 Å². The maximum Gasteiger partial charge on any atom is 0.243 e. The zero-order chi connectivity index (χ0) is 21.1. The Bertz CT molecular complexity index is 788. The summed E-state index contributed by atoms with van der Waals surface area (Å²) >= 11 is 0. The smallest absolute Gasteiger partial charge is 0.243 e. The molecule has 0 aliphatic heterocycles. The number of aryl methyl sites for hydroxylation is 1. The molecule has 0 aliphatic rings. The maximum atomic E-state index is 12.2. The highest BCUT2D eigenvalue weighted by Gasteiger charge is 2.06. The van der Waals surface area contributed by atoms with Gasteiger partial charge in [0.05, 0.1) is 13.2 Å². The first-order valence-electron chi connectivity index (χ1n) is 10.0. The van der Waals surface area contributed by atoms with Crippen molar-refractivity contribution >= 4 is 23.2 Å². The van der Waals surface area contributed by atoms with Gasteiger partial charge in [-0.15, -0.1) is 0 Å². The molecule has 0 radical (unpaired) electrons. The van der Waals surface area contributed by atoms with E-state index in [0.29, 0.717) is 25.1 Å². The number of anilines is 2. The van der Waals surface area contributed by atoms with Gasteiger partial charge in [-0.1, -0.05) is 31.5 Å². The van der Waals surface area contributed by atoms with Gasteiger partial charge in [0.15, 0.2) is 0 Å². The number of amides is 2. The van der Waals surface area contributed by atoms with Gasteiger partial charge in [0.1, 0.15) is 5.75 Å². The molecule has 2 amide bonds. The number of hydrogen-bond acceptors (Lipinski definition) is 4. The summed E-state index contributed by atoms with van der Waals surface area (Å²) < 4.78 is 5.67. The van der Waals surface area contributed by atoms with Crippen LogP contribution in [0.3, 0.4) is 0 Å². The van der Waals surface area contributed by atoms with Crippen LogP contribution in [0.1, 0.15) is 31.7 Å². The van der Waals surface area contributed by atoms with Crippen molar-refractivity contribution in [2.45, 2.75) is 32.6 Å². The van der Waals surface area contributed by atoms with Crippen LogP contribution in [-0.4, -0.2) is 44.0 Å². The summed E-state index contributed by atoms with van der Waals surface area (Å²) in [5, 5.41) is 5.99. The molecular weight excluding hydrogens is 366 g/mol. The van der Waals surface area contributed by atoms with E-state index in [9.17, 15) is 9.59 Å². The lowest BCUT2D eigenvalue weighted by Crippen LogP contribution is -2.22. The molecule has 0 unspecified atom stereocenters. The van der Waals surface area contributed by atoms with Gasteiger partial charge in [-0.25, -0.2) is 0 Å². The van der Waals surface area contributed by atoms with Crippen molar-refractivity contribution in [3.8, 4) is 5.75 Å². The van der Waals surface area contributed by atoms with E-state index in [1.54, 1.807) is 19.0 Å². The van der Waals surface area contributed by atoms with E-state index in [1.165, 1.54) is 0 Å². The molecule has 0 spiro atoms. The number of rotatable bonds is 11. The van der Waals surface area contributed by atoms with Gasteiger partial charge in [-0.05, 0) is 42.7 Å². The van der Waals surface area contributed by atoms with Crippen molar-refractivity contribution in [1.29, 1.82) is 0 Å². The fraction of sp³-hybridized carbons (Fsp3) is 0.391. The third kappa shape index (κ3) is 8.25. The molecule has 156 valence electrons. The Balaban J connectivity index is 1.77. The Kier molecular flexibility index (Phi) is 9.02. The van der Waals surface area contributed by atoms with Crippen LogP contribution in [0.2, 0.25) is 0 Å². The number of ether oxygens (including phenoxy) is 1. The average Bonchev–Trinajstić information content (AvgIpc) is 2.71. The number of carbonyl (C=O) groups excluding carboxylic acids is 2. The Morgan fingerprint density at radius 1 is 1.03 bits per heavy atom. The number of hydrogen-bond donors (Lipinski definition) is 2. The standard InChI is InChI=1S/C23H31N3O3/c1-4-5-15-29-21-8-6-7-20(16-21)25-22(27)17-24-19-12-9-18(10-13-19)11-14-23(28)26(2)3/h6-10,12-13,16,24H,4-5,11,14-15,17H2,1-3H3,(H,25,27). The van der Waals surface area contributed by atoms with Gasteiger partial charge < -0.3 is 20.3 Å². The highest BCUT2D eigenvalue weighted by atomic mass is 16.5. The van der Waals surface area contributed by atoms with Crippen LogP contribution < -0.4 is 15.4 Å². The molecular formula is C23H31N3O3. The van der Waals surface area contributed by atoms with E-state index >= 15 is 0 Å². The first-order valence-corrected chi connectivity index (χ1v) is 10.0. The minimum absolute atomic E-state index is 0.115. The predicted octanol–water partition coefficient (Wildman–Crippen LogP) is 3.94. The molecule has 2 aromatic carbocycles. The second-order valence-electron chi connectivity index (χ2n) is 7.12. The van der Waals surface area contributed by atoms with E-state index in [-0.39, 0.29) is 18.4 Å². The maximum absolute atomic E-state index is 12.2. The van der Waals surface area contributed by atoms with Crippen LogP contribution in [0.4, 0.5) is 11.4 Å². The Morgan fingerprint density at radius 3 is 2.48 bits per heavy atom. The largest absolute Gasteiger partial charge is 0.494 e. The summed E-state index contributed by atoms with van der Waals surface area (Å²) in [7, 11) is 3.52. The third-order valence-corrected chi connectivity index (χ3v) is 4.42. The zero-order valence-corrected chi connectivity index (χ0v) is 17.5. The molecule has 0 aliphatic carbocycles. The lowest BCUT2D eigenvalue weighted by molar-refractivity contribution is -0.128. The fourth-order valence-corrected chi connectivity index (χ4v) is 2.65. The van der Waals surface area contributed by atoms with E-state index in [4.69, 9.17) is 4.74 Å². The topological polar surface area (TPSA) is 70.7 Å². The summed E-state index contributed by atoms with van der Waals surface area (Å²) in [6.07, 6.45) is 3.28. The second-order valence-corrected chi connectivity index (χ2v) is 7.12. The quantitative estimate of drug-likeness (QED) is 0.564. The van der Waals surface area contributed by atoms with E-state index in [0.717, 1.165) is 29.8 Å². The molecule has 0 fully saturated rings. The van der Waals surface area contributed by atoms with Crippen LogP contribution in [-0.2, 0) is 16.0 Å². The molecule has 0 heterocycles. The lowest BCUT2D eigenvalue weighted by atomic mass is 10.1. The van der Waals surface area contributed by atoms with Gasteiger partial charge in [-0.2, -0.15) is 0 Å². The summed E-state index contributed by atoms with van der Waals surface area (Å²) in [5.41, 5.74) is 2.67. The van der Waals surface area contributed by atoms with Crippen molar-refractivity contribution in [1.82, 2.24) is 4.90 Å².